The molecule has 0 fully saturated rings. The van der Waals surface area contributed by atoms with E-state index in [1.807, 2.05) is 18.3 Å². The van der Waals surface area contributed by atoms with Crippen LogP contribution in [0.2, 0.25) is 0 Å². The molecule has 0 radical (unpaired) electrons. The van der Waals surface area contributed by atoms with Gasteiger partial charge in [0, 0.05) is 28.5 Å². The Balaban J connectivity index is 1.56. The third kappa shape index (κ3) is 4.66. The Kier molecular flexibility index (Phi) is 6.53. The molecule has 0 saturated carbocycles. The van der Waals surface area contributed by atoms with Crippen LogP contribution in [-0.4, -0.2) is 28.3 Å². The molecule has 1 aliphatic rings. The van der Waals surface area contributed by atoms with Gasteiger partial charge in [-0.25, -0.2) is 0 Å². The van der Waals surface area contributed by atoms with E-state index in [4.69, 9.17) is 0 Å². The maximum Gasteiger partial charge on any atom is 0.115 e. The van der Waals surface area contributed by atoms with Crippen molar-refractivity contribution in [3.63, 3.8) is 0 Å². The number of aromatic amines is 1. The van der Waals surface area contributed by atoms with Gasteiger partial charge in [-0.05, 0) is 74.7 Å². The molecule has 164 valence electrons. The molecule has 0 unspecified atom stereocenters. The molecule has 4 heterocycles. The van der Waals surface area contributed by atoms with E-state index in [0.29, 0.717) is 5.70 Å². The topological polar surface area (TPSA) is 65.6 Å². The average molecular weight is 444 g/mol. The van der Waals surface area contributed by atoms with Crippen molar-refractivity contribution in [2.75, 3.05) is 18.4 Å². The van der Waals surface area contributed by atoms with Crippen LogP contribution in [0, 0.1) is 13.8 Å². The van der Waals surface area contributed by atoms with Crippen LogP contribution < -0.4 is 21.2 Å². The van der Waals surface area contributed by atoms with Crippen LogP contribution in [0.25, 0.3) is 28.9 Å². The van der Waals surface area contributed by atoms with Crippen LogP contribution in [0.4, 0.5) is 5.69 Å². The zero-order chi connectivity index (χ0) is 22.7. The molecular formula is C26H29N5S. The molecule has 4 rings (SSSR count). The van der Waals surface area contributed by atoms with Gasteiger partial charge in [0.2, 0.25) is 0 Å². The predicted molar refractivity (Wildman–Crippen MR) is 137 cm³/mol. The van der Waals surface area contributed by atoms with Crippen molar-refractivity contribution in [1.82, 2.24) is 20.5 Å². The highest BCUT2D eigenvalue weighted by Crippen LogP contribution is 2.32. The van der Waals surface area contributed by atoms with Crippen molar-refractivity contribution < 1.29 is 0 Å². The summed E-state index contributed by atoms with van der Waals surface area (Å²) < 4.78 is 0. The SMILES string of the molecule is C=C(Nc1ccnc(-c2ccc(C)s2)c1C)c1n[nH]/c(=C/C=C(\C)C2=CCNCC2)c1=C. The Morgan fingerprint density at radius 1 is 1.25 bits per heavy atom. The summed E-state index contributed by atoms with van der Waals surface area (Å²) in [5.41, 5.74) is 7.12. The van der Waals surface area contributed by atoms with E-state index in [1.54, 1.807) is 11.3 Å². The summed E-state index contributed by atoms with van der Waals surface area (Å²) in [5.74, 6) is 0. The number of hydrogen-bond donors (Lipinski definition) is 3. The fourth-order valence-corrected chi connectivity index (χ4v) is 4.69. The van der Waals surface area contributed by atoms with Crippen LogP contribution in [0.1, 0.15) is 29.5 Å². The Morgan fingerprint density at radius 2 is 2.09 bits per heavy atom. The zero-order valence-electron chi connectivity index (χ0n) is 18.9. The molecule has 1 aliphatic heterocycles. The fourth-order valence-electron chi connectivity index (χ4n) is 3.77. The molecule has 5 nitrogen and oxygen atoms in total. The largest absolute Gasteiger partial charge is 0.354 e. The van der Waals surface area contributed by atoms with E-state index in [-0.39, 0.29) is 0 Å². The molecule has 0 saturated heterocycles. The standard InChI is InChI=1S/C26H29N5S/c1-16(21-10-13-27-14-11-21)6-8-23-19(4)25(31-30-23)20(5)29-22-12-15-28-26(18(22)3)24-9-7-17(2)32-24/h6-10,12,15,27,30H,4-5,11,13-14H2,1-3H3,(H,28,29)/b16-6+,23-8+. The first-order valence-corrected chi connectivity index (χ1v) is 11.6. The van der Waals surface area contributed by atoms with Crippen molar-refractivity contribution in [3.8, 4) is 10.6 Å². The summed E-state index contributed by atoms with van der Waals surface area (Å²) in [6.07, 6.45) is 9.30. The summed E-state index contributed by atoms with van der Waals surface area (Å²) in [5, 5.41) is 16.0. The maximum atomic E-state index is 4.59. The van der Waals surface area contributed by atoms with Gasteiger partial charge in [-0.15, -0.1) is 11.3 Å². The molecule has 0 amide bonds. The molecule has 0 bridgehead atoms. The number of hydrogen-bond acceptors (Lipinski definition) is 5. The number of nitrogens with zero attached hydrogens (tertiary/aromatic N) is 2. The van der Waals surface area contributed by atoms with Crippen LogP contribution in [0.5, 0.6) is 0 Å². The monoisotopic (exact) mass is 443 g/mol. The molecule has 3 aromatic rings. The number of allylic oxidation sites excluding steroid dienone is 2. The lowest BCUT2D eigenvalue weighted by Gasteiger charge is -2.13. The van der Waals surface area contributed by atoms with E-state index >= 15 is 0 Å². The minimum Gasteiger partial charge on any atom is -0.354 e. The lowest BCUT2D eigenvalue weighted by Crippen LogP contribution is -2.24. The zero-order valence-corrected chi connectivity index (χ0v) is 19.7. The van der Waals surface area contributed by atoms with Crippen molar-refractivity contribution in [2.24, 2.45) is 0 Å². The van der Waals surface area contributed by atoms with Crippen LogP contribution in [-0.2, 0) is 0 Å². The van der Waals surface area contributed by atoms with Crippen molar-refractivity contribution in [3.05, 3.63) is 81.0 Å². The Hall–Kier alpha value is -3.22. The van der Waals surface area contributed by atoms with Gasteiger partial charge in [0.25, 0.3) is 0 Å². The maximum absolute atomic E-state index is 4.59. The number of aromatic nitrogens is 3. The lowest BCUT2D eigenvalue weighted by atomic mass is 10.0. The van der Waals surface area contributed by atoms with Crippen LogP contribution >= 0.6 is 11.3 Å². The Bertz CT molecular complexity index is 1320. The fraction of sp³-hybridized carbons (Fsp3) is 0.231. The van der Waals surface area contributed by atoms with Crippen molar-refractivity contribution >= 4 is 35.4 Å². The first-order chi connectivity index (χ1) is 15.4. The summed E-state index contributed by atoms with van der Waals surface area (Å²) in [4.78, 5) is 7.02. The molecule has 3 aromatic heterocycles. The number of anilines is 1. The highest BCUT2D eigenvalue weighted by molar-refractivity contribution is 7.15. The molecule has 6 heteroatoms. The van der Waals surface area contributed by atoms with Gasteiger partial charge in [0.1, 0.15) is 5.69 Å². The molecule has 0 atom stereocenters. The Morgan fingerprint density at radius 3 is 2.81 bits per heavy atom. The molecule has 32 heavy (non-hydrogen) atoms. The van der Waals surface area contributed by atoms with Gasteiger partial charge in [-0.3, -0.25) is 10.1 Å². The average Bonchev–Trinajstić information content (AvgIpc) is 3.39. The van der Waals surface area contributed by atoms with Gasteiger partial charge < -0.3 is 10.6 Å². The van der Waals surface area contributed by atoms with Crippen LogP contribution in [0.15, 0.2) is 54.3 Å². The molecule has 0 aromatic carbocycles. The molecular weight excluding hydrogens is 414 g/mol. The highest BCUT2D eigenvalue weighted by Gasteiger charge is 2.12. The normalized spacial score (nSPS) is 15.0. The Labute approximate surface area is 193 Å². The van der Waals surface area contributed by atoms with E-state index in [9.17, 15) is 0 Å². The quantitative estimate of drug-likeness (QED) is 0.532. The van der Waals surface area contributed by atoms with E-state index in [0.717, 1.165) is 57.6 Å². The number of rotatable bonds is 6. The third-order valence-electron chi connectivity index (χ3n) is 5.72. The second-order valence-corrected chi connectivity index (χ2v) is 9.30. The van der Waals surface area contributed by atoms with E-state index < -0.39 is 0 Å². The summed E-state index contributed by atoms with van der Waals surface area (Å²) in [6, 6.07) is 6.20. The molecule has 3 N–H and O–H groups in total. The van der Waals surface area contributed by atoms with Crippen molar-refractivity contribution in [2.45, 2.75) is 27.2 Å². The predicted octanol–water partition coefficient (Wildman–Crippen LogP) is 4.29. The van der Waals surface area contributed by atoms with Crippen LogP contribution in [0.3, 0.4) is 0 Å². The first-order valence-electron chi connectivity index (χ1n) is 10.7. The number of nitrogens with one attached hydrogen (secondary N) is 3. The summed E-state index contributed by atoms with van der Waals surface area (Å²) in [6.45, 7) is 16.7. The van der Waals surface area contributed by atoms with Gasteiger partial charge in [-0.1, -0.05) is 25.3 Å². The minimum atomic E-state index is 0.704. The van der Waals surface area contributed by atoms with Crippen molar-refractivity contribution in [1.29, 1.82) is 0 Å². The summed E-state index contributed by atoms with van der Waals surface area (Å²) in [7, 11) is 0. The van der Waals surface area contributed by atoms with Gasteiger partial charge in [0.15, 0.2) is 0 Å². The molecule has 0 aliphatic carbocycles. The molecule has 0 spiro atoms. The number of pyridine rings is 1. The number of thiophene rings is 1. The number of aryl methyl sites for hydroxylation is 1. The third-order valence-corrected chi connectivity index (χ3v) is 6.73. The minimum absolute atomic E-state index is 0.704. The summed E-state index contributed by atoms with van der Waals surface area (Å²) >= 11 is 1.75. The van der Waals surface area contributed by atoms with Gasteiger partial charge in [0.05, 0.1) is 21.6 Å². The smallest absolute Gasteiger partial charge is 0.115 e. The first kappa shape index (κ1) is 22.0. The van der Waals surface area contributed by atoms with E-state index in [1.165, 1.54) is 16.0 Å². The van der Waals surface area contributed by atoms with E-state index in [2.05, 4.69) is 84.0 Å². The second kappa shape index (κ2) is 9.51. The van der Waals surface area contributed by atoms with Gasteiger partial charge in [-0.2, -0.15) is 5.10 Å². The lowest BCUT2D eigenvalue weighted by molar-refractivity contribution is 0.707. The highest BCUT2D eigenvalue weighted by atomic mass is 32.1. The van der Waals surface area contributed by atoms with Gasteiger partial charge >= 0.3 is 0 Å². The number of H-pyrrole nitrogens is 1. The second-order valence-electron chi connectivity index (χ2n) is 8.01.